The van der Waals surface area contributed by atoms with Crippen LogP contribution < -0.4 is 15.2 Å². The Morgan fingerprint density at radius 1 is 1.31 bits per heavy atom. The standard InChI is InChI=1S/C12H15NO2S/c1-16-11-8(12(13)5-2-6-12)3-4-9-10(11)15-7-14-9/h3-4H,2,5-7,13H2,1H3. The zero-order chi connectivity index (χ0) is 11.2. The fourth-order valence-corrected chi connectivity index (χ4v) is 3.20. The second-order valence-corrected chi connectivity index (χ2v) is 5.21. The highest BCUT2D eigenvalue weighted by atomic mass is 32.2. The van der Waals surface area contributed by atoms with Gasteiger partial charge in [-0.15, -0.1) is 11.8 Å². The van der Waals surface area contributed by atoms with Crippen molar-refractivity contribution in [1.82, 2.24) is 0 Å². The van der Waals surface area contributed by atoms with Gasteiger partial charge < -0.3 is 15.2 Å². The van der Waals surface area contributed by atoms with Crippen LogP contribution in [0.25, 0.3) is 0 Å². The van der Waals surface area contributed by atoms with Crippen molar-refractivity contribution >= 4 is 11.8 Å². The van der Waals surface area contributed by atoms with Crippen molar-refractivity contribution in [2.75, 3.05) is 13.0 Å². The quantitative estimate of drug-likeness (QED) is 0.803. The first kappa shape index (κ1) is 10.3. The summed E-state index contributed by atoms with van der Waals surface area (Å²) < 4.78 is 10.9. The number of nitrogens with two attached hydrogens (primary N) is 1. The molecule has 2 aliphatic rings. The zero-order valence-electron chi connectivity index (χ0n) is 9.29. The van der Waals surface area contributed by atoms with Gasteiger partial charge in [0.2, 0.25) is 6.79 Å². The fourth-order valence-electron chi connectivity index (χ4n) is 2.37. The van der Waals surface area contributed by atoms with Crippen LogP contribution in [0.3, 0.4) is 0 Å². The molecule has 0 atom stereocenters. The maximum atomic E-state index is 6.38. The van der Waals surface area contributed by atoms with E-state index in [0.29, 0.717) is 6.79 Å². The molecule has 0 amide bonds. The summed E-state index contributed by atoms with van der Waals surface area (Å²) in [5, 5.41) is 0. The third-order valence-electron chi connectivity index (χ3n) is 3.48. The number of fused-ring (bicyclic) bond motifs is 1. The van der Waals surface area contributed by atoms with E-state index in [2.05, 4.69) is 12.3 Å². The van der Waals surface area contributed by atoms with Gasteiger partial charge in [0.15, 0.2) is 11.5 Å². The summed E-state index contributed by atoms with van der Waals surface area (Å²) in [4.78, 5) is 1.15. The van der Waals surface area contributed by atoms with Crippen molar-refractivity contribution in [3.8, 4) is 11.5 Å². The molecule has 1 saturated carbocycles. The summed E-state index contributed by atoms with van der Waals surface area (Å²) in [6, 6.07) is 4.07. The van der Waals surface area contributed by atoms with Crippen molar-refractivity contribution in [1.29, 1.82) is 0 Å². The highest BCUT2D eigenvalue weighted by Gasteiger charge is 2.38. The van der Waals surface area contributed by atoms with Crippen LogP contribution in [0.4, 0.5) is 0 Å². The SMILES string of the molecule is CSc1c(C2(N)CCC2)ccc2c1OCO2. The van der Waals surface area contributed by atoms with Gasteiger partial charge in [-0.25, -0.2) is 0 Å². The van der Waals surface area contributed by atoms with Crippen LogP contribution in [-0.2, 0) is 5.54 Å². The summed E-state index contributed by atoms with van der Waals surface area (Å²) in [7, 11) is 0. The first-order valence-electron chi connectivity index (χ1n) is 5.50. The molecule has 3 nitrogen and oxygen atoms in total. The summed E-state index contributed by atoms with van der Waals surface area (Å²) in [6.45, 7) is 0.323. The Balaban J connectivity index is 2.11. The number of rotatable bonds is 2. The van der Waals surface area contributed by atoms with Crippen LogP contribution in [0.2, 0.25) is 0 Å². The monoisotopic (exact) mass is 237 g/mol. The Hall–Kier alpha value is -0.870. The minimum absolute atomic E-state index is 0.140. The van der Waals surface area contributed by atoms with Gasteiger partial charge in [-0.3, -0.25) is 0 Å². The van der Waals surface area contributed by atoms with E-state index in [0.717, 1.165) is 29.2 Å². The highest BCUT2D eigenvalue weighted by Crippen LogP contribution is 2.49. The Morgan fingerprint density at radius 3 is 2.75 bits per heavy atom. The number of thioether (sulfide) groups is 1. The van der Waals surface area contributed by atoms with Gasteiger partial charge in [-0.05, 0) is 37.1 Å². The molecule has 0 aromatic heterocycles. The molecule has 1 aromatic rings. The molecule has 3 rings (SSSR count). The average molecular weight is 237 g/mol. The summed E-state index contributed by atoms with van der Waals surface area (Å²) in [6.07, 6.45) is 5.42. The molecular formula is C12H15NO2S. The van der Waals surface area contributed by atoms with Crippen LogP contribution >= 0.6 is 11.8 Å². The Morgan fingerprint density at radius 2 is 2.12 bits per heavy atom. The van der Waals surface area contributed by atoms with Gasteiger partial charge in [0.1, 0.15) is 0 Å². The Labute approximate surface area is 99.3 Å². The third kappa shape index (κ3) is 1.33. The smallest absolute Gasteiger partial charge is 0.231 e. The van der Waals surface area contributed by atoms with E-state index < -0.39 is 0 Å². The van der Waals surface area contributed by atoms with E-state index in [4.69, 9.17) is 15.2 Å². The lowest BCUT2D eigenvalue weighted by molar-refractivity contribution is 0.171. The maximum absolute atomic E-state index is 6.38. The number of hydrogen-bond acceptors (Lipinski definition) is 4. The van der Waals surface area contributed by atoms with Gasteiger partial charge in [0.05, 0.1) is 4.90 Å². The van der Waals surface area contributed by atoms with Gasteiger partial charge in [-0.1, -0.05) is 6.07 Å². The molecule has 4 heteroatoms. The average Bonchev–Trinajstić information content (AvgIpc) is 2.72. The normalized spacial score (nSPS) is 20.6. The van der Waals surface area contributed by atoms with Gasteiger partial charge in [-0.2, -0.15) is 0 Å². The minimum Gasteiger partial charge on any atom is -0.454 e. The van der Waals surface area contributed by atoms with Crippen molar-refractivity contribution < 1.29 is 9.47 Å². The predicted molar refractivity (Wildman–Crippen MR) is 64.1 cm³/mol. The molecule has 86 valence electrons. The Kier molecular flexibility index (Phi) is 2.30. The van der Waals surface area contributed by atoms with Crippen LogP contribution in [0, 0.1) is 0 Å². The molecule has 0 bridgehead atoms. The largest absolute Gasteiger partial charge is 0.454 e. The van der Waals surface area contributed by atoms with Crippen LogP contribution in [0.15, 0.2) is 17.0 Å². The lowest BCUT2D eigenvalue weighted by Gasteiger charge is -2.39. The molecule has 0 unspecified atom stereocenters. The predicted octanol–water partition coefficient (Wildman–Crippen LogP) is 2.48. The molecule has 16 heavy (non-hydrogen) atoms. The highest BCUT2D eigenvalue weighted by molar-refractivity contribution is 7.98. The van der Waals surface area contributed by atoms with E-state index in [-0.39, 0.29) is 5.54 Å². The maximum Gasteiger partial charge on any atom is 0.231 e. The first-order chi connectivity index (χ1) is 7.74. The van der Waals surface area contributed by atoms with E-state index in [1.807, 2.05) is 6.07 Å². The van der Waals surface area contributed by atoms with Crippen molar-refractivity contribution in [3.05, 3.63) is 17.7 Å². The van der Waals surface area contributed by atoms with Crippen molar-refractivity contribution in [2.24, 2.45) is 5.73 Å². The summed E-state index contributed by atoms with van der Waals surface area (Å²) in [5.74, 6) is 1.72. The van der Waals surface area contributed by atoms with E-state index >= 15 is 0 Å². The summed E-state index contributed by atoms with van der Waals surface area (Å²) in [5.41, 5.74) is 7.46. The molecule has 0 spiro atoms. The van der Waals surface area contributed by atoms with Crippen LogP contribution in [0.1, 0.15) is 24.8 Å². The van der Waals surface area contributed by atoms with E-state index in [1.165, 1.54) is 12.0 Å². The molecule has 1 heterocycles. The van der Waals surface area contributed by atoms with Crippen molar-refractivity contribution in [3.63, 3.8) is 0 Å². The fraction of sp³-hybridized carbons (Fsp3) is 0.500. The number of benzene rings is 1. The minimum atomic E-state index is -0.140. The topological polar surface area (TPSA) is 44.5 Å². The molecule has 1 aromatic carbocycles. The third-order valence-corrected chi connectivity index (χ3v) is 4.29. The molecule has 2 N–H and O–H groups in total. The Bertz CT molecular complexity index is 429. The zero-order valence-corrected chi connectivity index (χ0v) is 10.1. The number of hydrogen-bond donors (Lipinski definition) is 1. The molecule has 0 saturated heterocycles. The second kappa shape index (κ2) is 3.57. The van der Waals surface area contributed by atoms with Gasteiger partial charge in [0, 0.05) is 5.54 Å². The second-order valence-electron chi connectivity index (χ2n) is 4.39. The molecule has 1 aliphatic heterocycles. The first-order valence-corrected chi connectivity index (χ1v) is 6.73. The van der Waals surface area contributed by atoms with E-state index in [1.54, 1.807) is 11.8 Å². The molecule has 1 fully saturated rings. The van der Waals surface area contributed by atoms with Gasteiger partial charge >= 0.3 is 0 Å². The lowest BCUT2D eigenvalue weighted by atomic mass is 9.72. The van der Waals surface area contributed by atoms with Crippen LogP contribution in [-0.4, -0.2) is 13.0 Å². The van der Waals surface area contributed by atoms with Crippen molar-refractivity contribution in [2.45, 2.75) is 29.7 Å². The van der Waals surface area contributed by atoms with Gasteiger partial charge in [0.25, 0.3) is 0 Å². The van der Waals surface area contributed by atoms with E-state index in [9.17, 15) is 0 Å². The number of ether oxygens (including phenoxy) is 2. The lowest BCUT2D eigenvalue weighted by Crippen LogP contribution is -2.43. The van der Waals surface area contributed by atoms with Crippen LogP contribution in [0.5, 0.6) is 11.5 Å². The molecule has 0 radical (unpaired) electrons. The molecular weight excluding hydrogens is 222 g/mol. The molecule has 1 aliphatic carbocycles. The summed E-state index contributed by atoms with van der Waals surface area (Å²) >= 11 is 1.69.